The van der Waals surface area contributed by atoms with Crippen molar-refractivity contribution in [1.82, 2.24) is 14.9 Å². The van der Waals surface area contributed by atoms with Gasteiger partial charge in [-0.05, 0) is 56.8 Å². The van der Waals surface area contributed by atoms with E-state index < -0.39 is 12.0 Å². The number of anilines is 3. The van der Waals surface area contributed by atoms with Gasteiger partial charge >= 0.3 is 6.01 Å². The number of para-hydroxylation sites is 2. The van der Waals surface area contributed by atoms with Gasteiger partial charge in [0.15, 0.2) is 5.82 Å². The Morgan fingerprint density at radius 1 is 1.14 bits per heavy atom. The van der Waals surface area contributed by atoms with Crippen LogP contribution in [0.4, 0.5) is 26.0 Å². The van der Waals surface area contributed by atoms with Crippen LogP contribution in [0.25, 0.3) is 10.9 Å². The topological polar surface area (TPSA) is 77.8 Å². The average Bonchev–Trinajstić information content (AvgIpc) is 3.40. The largest absolute Gasteiger partial charge is 0.490 e. The van der Waals surface area contributed by atoms with E-state index in [9.17, 15) is 9.65 Å². The van der Waals surface area contributed by atoms with Gasteiger partial charge in [-0.25, -0.2) is 8.78 Å². The third-order valence-electron chi connectivity index (χ3n) is 9.26. The fourth-order valence-electron chi connectivity index (χ4n) is 7.19. The molecule has 220 valence electrons. The van der Waals surface area contributed by atoms with Crippen LogP contribution in [0.5, 0.6) is 11.8 Å². The molecule has 4 aliphatic rings. The van der Waals surface area contributed by atoms with Gasteiger partial charge in [0.05, 0.1) is 34.6 Å². The second kappa shape index (κ2) is 11.0. The molecule has 8 nitrogen and oxygen atoms in total. The quantitative estimate of drug-likeness (QED) is 0.354. The van der Waals surface area contributed by atoms with Crippen LogP contribution in [-0.4, -0.2) is 72.5 Å². The maximum absolute atomic E-state index is 16.7. The molecule has 0 amide bonds. The van der Waals surface area contributed by atoms with Crippen molar-refractivity contribution in [3.8, 4) is 17.8 Å². The lowest BCUT2D eigenvalue weighted by Gasteiger charge is -2.33. The van der Waals surface area contributed by atoms with Gasteiger partial charge in [-0.1, -0.05) is 23.7 Å². The Bertz CT molecular complexity index is 1550. The molecule has 0 N–H and O–H groups in total. The van der Waals surface area contributed by atoms with Crippen molar-refractivity contribution in [2.24, 2.45) is 5.92 Å². The second-order valence-electron chi connectivity index (χ2n) is 11.8. The first kappa shape index (κ1) is 27.4. The lowest BCUT2D eigenvalue weighted by Crippen LogP contribution is -2.43. The molecule has 11 heteroatoms. The first-order chi connectivity index (χ1) is 20.5. The van der Waals surface area contributed by atoms with E-state index in [0.29, 0.717) is 62.6 Å². The summed E-state index contributed by atoms with van der Waals surface area (Å²) in [7, 11) is 0. The van der Waals surface area contributed by atoms with Crippen molar-refractivity contribution in [1.29, 1.82) is 5.26 Å². The fourth-order valence-corrected chi connectivity index (χ4v) is 7.48. The zero-order chi connectivity index (χ0) is 28.8. The molecule has 0 aliphatic carbocycles. The van der Waals surface area contributed by atoms with Gasteiger partial charge in [0.1, 0.15) is 36.5 Å². The van der Waals surface area contributed by atoms with Crippen LogP contribution in [0.2, 0.25) is 5.02 Å². The predicted molar refractivity (Wildman–Crippen MR) is 157 cm³/mol. The van der Waals surface area contributed by atoms with Crippen molar-refractivity contribution in [2.45, 2.75) is 50.2 Å². The van der Waals surface area contributed by atoms with Crippen molar-refractivity contribution in [3.63, 3.8) is 0 Å². The summed E-state index contributed by atoms with van der Waals surface area (Å²) in [4.78, 5) is 15.5. The Kier molecular flexibility index (Phi) is 7.19. The first-order valence-corrected chi connectivity index (χ1v) is 15.2. The van der Waals surface area contributed by atoms with E-state index in [2.05, 4.69) is 20.9 Å². The summed E-state index contributed by atoms with van der Waals surface area (Å²) in [6.45, 7) is 3.58. The standard InChI is InChI=1S/C31H33ClF2N6O2/c32-23-15-22-27(26(34)28(23)40-13-14-41-25-7-2-1-6-24(25)40)36-30(37-29(22)38-10-3-5-20(17-35)8-12-38)42-19-31-9-4-11-39(31)18-21(33)16-31/h1-2,6-7,15,20-21H,3-5,8-14,16,18-19H2/t20?,21-,31+/m1/s1. The molecule has 3 aromatic rings. The number of nitriles is 1. The number of benzene rings is 2. The van der Waals surface area contributed by atoms with Gasteiger partial charge in [0.2, 0.25) is 0 Å². The highest BCUT2D eigenvalue weighted by atomic mass is 35.5. The van der Waals surface area contributed by atoms with E-state index >= 15 is 4.39 Å². The summed E-state index contributed by atoms with van der Waals surface area (Å²) in [6, 6.07) is 11.7. The maximum Gasteiger partial charge on any atom is 0.319 e. The lowest BCUT2D eigenvalue weighted by molar-refractivity contribution is 0.107. The molecule has 0 spiro atoms. The van der Waals surface area contributed by atoms with Crippen molar-refractivity contribution < 1.29 is 18.3 Å². The molecular weight excluding hydrogens is 562 g/mol. The van der Waals surface area contributed by atoms with E-state index in [4.69, 9.17) is 26.1 Å². The molecule has 0 radical (unpaired) electrons. The van der Waals surface area contributed by atoms with E-state index in [1.54, 1.807) is 6.07 Å². The van der Waals surface area contributed by atoms with Crippen LogP contribution in [-0.2, 0) is 0 Å². The number of alkyl halides is 1. The predicted octanol–water partition coefficient (Wildman–Crippen LogP) is 6.04. The van der Waals surface area contributed by atoms with Gasteiger partial charge < -0.3 is 19.3 Å². The van der Waals surface area contributed by atoms with E-state index in [0.717, 1.165) is 37.9 Å². The van der Waals surface area contributed by atoms with E-state index in [-0.39, 0.29) is 40.3 Å². The summed E-state index contributed by atoms with van der Waals surface area (Å²) in [5, 5.41) is 10.3. The maximum atomic E-state index is 16.7. The Labute approximate surface area is 248 Å². The molecule has 7 rings (SSSR count). The highest BCUT2D eigenvalue weighted by molar-refractivity contribution is 6.34. The zero-order valence-electron chi connectivity index (χ0n) is 23.4. The van der Waals surface area contributed by atoms with Gasteiger partial charge in [-0.3, -0.25) is 4.90 Å². The number of hydrogen-bond donors (Lipinski definition) is 0. The summed E-state index contributed by atoms with van der Waals surface area (Å²) >= 11 is 6.85. The highest BCUT2D eigenvalue weighted by Gasteiger charge is 2.49. The minimum Gasteiger partial charge on any atom is -0.490 e. The lowest BCUT2D eigenvalue weighted by atomic mass is 9.95. The Morgan fingerprint density at radius 3 is 2.90 bits per heavy atom. The SMILES string of the molecule is N#CC1CCCN(c2nc(OC[C@@]34CCCN3C[C@H](F)C4)nc3c(F)c(N4CCOc5ccccc54)c(Cl)cc23)CC1. The monoisotopic (exact) mass is 594 g/mol. The molecule has 42 heavy (non-hydrogen) atoms. The number of aromatic nitrogens is 2. The number of halogens is 3. The van der Waals surface area contributed by atoms with E-state index in [1.165, 1.54) is 0 Å². The number of nitrogens with zero attached hydrogens (tertiary/aromatic N) is 6. The van der Waals surface area contributed by atoms with Crippen LogP contribution in [0.1, 0.15) is 38.5 Å². The Morgan fingerprint density at radius 2 is 2.02 bits per heavy atom. The van der Waals surface area contributed by atoms with Crippen LogP contribution in [0.3, 0.4) is 0 Å². The molecule has 1 unspecified atom stereocenters. The Balaban J connectivity index is 1.32. The smallest absolute Gasteiger partial charge is 0.319 e. The zero-order valence-corrected chi connectivity index (χ0v) is 24.1. The molecule has 2 aromatic carbocycles. The van der Waals surface area contributed by atoms with Crippen molar-refractivity contribution in [3.05, 3.63) is 41.2 Å². The van der Waals surface area contributed by atoms with Gasteiger partial charge in [-0.2, -0.15) is 15.2 Å². The van der Waals surface area contributed by atoms with Gasteiger partial charge in [0, 0.05) is 37.4 Å². The molecular formula is C31H33ClF2N6O2. The normalized spacial score (nSPS) is 26.0. The number of hydrogen-bond acceptors (Lipinski definition) is 8. The summed E-state index contributed by atoms with van der Waals surface area (Å²) in [5.41, 5.74) is 0.691. The summed E-state index contributed by atoms with van der Waals surface area (Å²) < 4.78 is 43.2. The average molecular weight is 595 g/mol. The molecule has 1 aromatic heterocycles. The van der Waals surface area contributed by atoms with Crippen LogP contribution in [0.15, 0.2) is 30.3 Å². The Hall–Kier alpha value is -3.42. The van der Waals surface area contributed by atoms with Crippen molar-refractivity contribution >= 4 is 39.7 Å². The molecule has 3 atom stereocenters. The van der Waals surface area contributed by atoms with Gasteiger partial charge in [0.25, 0.3) is 0 Å². The van der Waals surface area contributed by atoms with Crippen LogP contribution >= 0.6 is 11.6 Å². The number of ether oxygens (including phenoxy) is 2. The molecule has 5 heterocycles. The van der Waals surface area contributed by atoms with Crippen molar-refractivity contribution in [2.75, 3.05) is 55.7 Å². The molecule has 3 saturated heterocycles. The first-order valence-electron chi connectivity index (χ1n) is 14.8. The fraction of sp³-hybridized carbons (Fsp3) is 0.516. The summed E-state index contributed by atoms with van der Waals surface area (Å²) in [6.07, 6.45) is 3.68. The summed E-state index contributed by atoms with van der Waals surface area (Å²) in [5.74, 6) is 0.610. The van der Waals surface area contributed by atoms with Gasteiger partial charge in [-0.15, -0.1) is 0 Å². The molecule has 0 bridgehead atoms. The minimum absolute atomic E-state index is 0.0319. The molecule has 4 aliphatic heterocycles. The number of rotatable bonds is 5. The molecule has 3 fully saturated rings. The third-order valence-corrected chi connectivity index (χ3v) is 9.55. The number of fused-ring (bicyclic) bond motifs is 3. The van der Waals surface area contributed by atoms with Crippen LogP contribution in [0, 0.1) is 23.1 Å². The van der Waals surface area contributed by atoms with Crippen LogP contribution < -0.4 is 19.3 Å². The third kappa shape index (κ3) is 4.77. The minimum atomic E-state index is -0.884. The molecule has 0 saturated carbocycles. The highest BCUT2D eigenvalue weighted by Crippen LogP contribution is 2.45. The second-order valence-corrected chi connectivity index (χ2v) is 12.2. The van der Waals surface area contributed by atoms with E-state index in [1.807, 2.05) is 29.2 Å².